The molecule has 2 aliphatic rings. The second kappa shape index (κ2) is 3.19. The molecule has 2 unspecified atom stereocenters. The predicted octanol–water partition coefficient (Wildman–Crippen LogP) is 0.360. The largest absolute Gasteiger partial charge is 0.300 e. The summed E-state index contributed by atoms with van der Waals surface area (Å²) >= 11 is 0. The summed E-state index contributed by atoms with van der Waals surface area (Å²) in [6.07, 6.45) is 1.81. The number of hydrogen-bond donors (Lipinski definition) is 0. The van der Waals surface area contributed by atoms with Gasteiger partial charge in [0.2, 0.25) is 11.8 Å². The Balaban J connectivity index is 1.84. The van der Waals surface area contributed by atoms with Gasteiger partial charge in [0.25, 0.3) is 0 Å². The first-order valence-corrected chi connectivity index (χ1v) is 4.96. The third kappa shape index (κ3) is 1.45. The van der Waals surface area contributed by atoms with Gasteiger partial charge < -0.3 is 4.79 Å². The van der Waals surface area contributed by atoms with E-state index in [1.165, 1.54) is 11.8 Å². The van der Waals surface area contributed by atoms with Crippen molar-refractivity contribution in [3.8, 4) is 0 Å². The van der Waals surface area contributed by atoms with Crippen molar-refractivity contribution >= 4 is 17.6 Å². The van der Waals surface area contributed by atoms with Gasteiger partial charge in [0.1, 0.15) is 5.78 Å². The molecule has 0 bridgehead atoms. The van der Waals surface area contributed by atoms with Crippen molar-refractivity contribution in [2.75, 3.05) is 6.54 Å². The molecule has 1 aliphatic carbocycles. The highest BCUT2D eigenvalue weighted by atomic mass is 16.2. The molecule has 0 aromatic carbocycles. The number of hydrogen-bond acceptors (Lipinski definition) is 3. The number of fused-ring (bicyclic) bond motifs is 1. The maximum Gasteiger partial charge on any atom is 0.233 e. The first-order valence-electron chi connectivity index (χ1n) is 4.96. The average Bonchev–Trinajstić information content (AvgIpc) is 2.84. The minimum atomic E-state index is -0.0245. The van der Waals surface area contributed by atoms with E-state index in [1.807, 2.05) is 0 Å². The van der Waals surface area contributed by atoms with Gasteiger partial charge in [-0.05, 0) is 19.8 Å². The SMILES string of the molecule is CC(=O)CCCN1C(=O)C2CC2C1=O. The number of rotatable bonds is 4. The number of piperidine rings is 1. The fourth-order valence-corrected chi connectivity index (χ4v) is 1.96. The summed E-state index contributed by atoms with van der Waals surface area (Å²) in [4.78, 5) is 34.9. The van der Waals surface area contributed by atoms with Crippen LogP contribution in [0.4, 0.5) is 0 Å². The maximum absolute atomic E-state index is 11.5. The van der Waals surface area contributed by atoms with Crippen molar-refractivity contribution in [3.05, 3.63) is 0 Å². The van der Waals surface area contributed by atoms with E-state index in [-0.39, 0.29) is 29.4 Å². The maximum atomic E-state index is 11.5. The van der Waals surface area contributed by atoms with Crippen molar-refractivity contribution in [1.82, 2.24) is 4.90 Å². The summed E-state index contributed by atoms with van der Waals surface area (Å²) in [5.41, 5.74) is 0. The number of imide groups is 1. The van der Waals surface area contributed by atoms with Crippen molar-refractivity contribution in [2.45, 2.75) is 26.2 Å². The van der Waals surface area contributed by atoms with Gasteiger partial charge in [-0.2, -0.15) is 0 Å². The van der Waals surface area contributed by atoms with Gasteiger partial charge in [0.15, 0.2) is 0 Å². The summed E-state index contributed by atoms with van der Waals surface area (Å²) in [5, 5.41) is 0. The molecule has 2 rings (SSSR count). The molecular formula is C10H13NO3. The van der Waals surface area contributed by atoms with Gasteiger partial charge >= 0.3 is 0 Å². The van der Waals surface area contributed by atoms with Crippen molar-refractivity contribution in [1.29, 1.82) is 0 Å². The molecule has 1 saturated heterocycles. The van der Waals surface area contributed by atoms with Gasteiger partial charge in [-0.1, -0.05) is 0 Å². The lowest BCUT2D eigenvalue weighted by Crippen LogP contribution is -2.33. The summed E-state index contributed by atoms with van der Waals surface area (Å²) in [6.45, 7) is 1.94. The monoisotopic (exact) mass is 195 g/mol. The number of carbonyl (C=O) groups is 3. The minimum Gasteiger partial charge on any atom is -0.300 e. The fourth-order valence-electron chi connectivity index (χ4n) is 1.96. The van der Waals surface area contributed by atoms with Crippen LogP contribution in [0.2, 0.25) is 0 Å². The molecule has 0 spiro atoms. The lowest BCUT2D eigenvalue weighted by Gasteiger charge is -2.15. The molecule has 4 nitrogen and oxygen atoms in total. The standard InChI is InChI=1S/C10H13NO3/c1-6(12)3-2-4-11-9(13)7-5-8(7)10(11)14/h7-8H,2-5H2,1H3. The summed E-state index contributed by atoms with van der Waals surface area (Å²) in [7, 11) is 0. The number of amides is 2. The summed E-state index contributed by atoms with van der Waals surface area (Å²) < 4.78 is 0. The Morgan fingerprint density at radius 2 is 1.93 bits per heavy atom. The van der Waals surface area contributed by atoms with Crippen molar-refractivity contribution in [2.24, 2.45) is 11.8 Å². The zero-order chi connectivity index (χ0) is 10.3. The first-order chi connectivity index (χ1) is 6.61. The zero-order valence-corrected chi connectivity index (χ0v) is 8.16. The van der Waals surface area contributed by atoms with Crippen LogP contribution in [0, 0.1) is 11.8 Å². The van der Waals surface area contributed by atoms with E-state index in [0.29, 0.717) is 19.4 Å². The average molecular weight is 195 g/mol. The quantitative estimate of drug-likeness (QED) is 0.608. The summed E-state index contributed by atoms with van der Waals surface area (Å²) in [5.74, 6) is 0.0287. The third-order valence-corrected chi connectivity index (χ3v) is 2.87. The van der Waals surface area contributed by atoms with Crippen molar-refractivity contribution < 1.29 is 14.4 Å². The second-order valence-corrected chi connectivity index (χ2v) is 4.08. The molecule has 4 heteroatoms. The molecule has 2 fully saturated rings. The highest BCUT2D eigenvalue weighted by molar-refractivity contribution is 6.08. The van der Waals surface area contributed by atoms with E-state index in [2.05, 4.69) is 0 Å². The van der Waals surface area contributed by atoms with Crippen LogP contribution in [0.5, 0.6) is 0 Å². The van der Waals surface area contributed by atoms with Crippen LogP contribution in [0.1, 0.15) is 26.2 Å². The first kappa shape index (κ1) is 9.37. The molecule has 1 aliphatic heterocycles. The van der Waals surface area contributed by atoms with E-state index < -0.39 is 0 Å². The van der Waals surface area contributed by atoms with Gasteiger partial charge in [0, 0.05) is 13.0 Å². The van der Waals surface area contributed by atoms with Gasteiger partial charge in [-0.15, -0.1) is 0 Å². The van der Waals surface area contributed by atoms with Crippen LogP contribution in [0.15, 0.2) is 0 Å². The van der Waals surface area contributed by atoms with E-state index in [0.717, 1.165) is 6.42 Å². The van der Waals surface area contributed by atoms with E-state index in [4.69, 9.17) is 0 Å². The Hall–Kier alpha value is -1.19. The lowest BCUT2D eigenvalue weighted by molar-refractivity contribution is -0.141. The Bertz CT molecular complexity index is 290. The molecule has 14 heavy (non-hydrogen) atoms. The topological polar surface area (TPSA) is 54.5 Å². The van der Waals surface area contributed by atoms with Crippen LogP contribution in [-0.2, 0) is 14.4 Å². The normalized spacial score (nSPS) is 29.4. The van der Waals surface area contributed by atoms with Crippen LogP contribution >= 0.6 is 0 Å². The second-order valence-electron chi connectivity index (χ2n) is 4.08. The molecule has 1 heterocycles. The molecule has 0 aromatic heterocycles. The molecular weight excluding hydrogens is 182 g/mol. The third-order valence-electron chi connectivity index (χ3n) is 2.87. The minimum absolute atomic E-state index is 0.0140. The van der Waals surface area contributed by atoms with E-state index >= 15 is 0 Å². The van der Waals surface area contributed by atoms with Crippen molar-refractivity contribution in [3.63, 3.8) is 0 Å². The smallest absolute Gasteiger partial charge is 0.233 e. The zero-order valence-electron chi connectivity index (χ0n) is 8.16. The number of ketones is 1. The highest BCUT2D eigenvalue weighted by Crippen LogP contribution is 2.46. The predicted molar refractivity (Wildman–Crippen MR) is 48.2 cm³/mol. The molecule has 2 atom stereocenters. The Morgan fingerprint density at radius 3 is 2.43 bits per heavy atom. The Morgan fingerprint density at radius 1 is 1.36 bits per heavy atom. The van der Waals surface area contributed by atoms with E-state index in [1.54, 1.807) is 0 Å². The van der Waals surface area contributed by atoms with Crippen LogP contribution in [0.25, 0.3) is 0 Å². The molecule has 2 amide bonds. The number of nitrogens with zero attached hydrogens (tertiary/aromatic N) is 1. The van der Waals surface area contributed by atoms with Crippen LogP contribution in [0.3, 0.4) is 0 Å². The fraction of sp³-hybridized carbons (Fsp3) is 0.700. The number of likely N-dealkylation sites (tertiary alicyclic amines) is 1. The lowest BCUT2D eigenvalue weighted by atomic mass is 10.2. The molecule has 76 valence electrons. The molecule has 0 aromatic rings. The molecule has 1 saturated carbocycles. The molecule has 0 N–H and O–H groups in total. The highest BCUT2D eigenvalue weighted by Gasteiger charge is 2.58. The van der Waals surface area contributed by atoms with Gasteiger partial charge in [-0.25, -0.2) is 0 Å². The Labute approximate surface area is 82.3 Å². The number of Topliss-reactive ketones (excluding diaryl/α,β-unsaturated/α-hetero) is 1. The number of carbonyl (C=O) groups excluding carboxylic acids is 3. The summed E-state index contributed by atoms with van der Waals surface area (Å²) in [6, 6.07) is 0. The van der Waals surface area contributed by atoms with Gasteiger partial charge in [-0.3, -0.25) is 14.5 Å². The Kier molecular flexibility index (Phi) is 2.13. The van der Waals surface area contributed by atoms with Gasteiger partial charge in [0.05, 0.1) is 11.8 Å². The van der Waals surface area contributed by atoms with Crippen LogP contribution in [-0.4, -0.2) is 29.0 Å². The van der Waals surface area contributed by atoms with E-state index in [9.17, 15) is 14.4 Å². The molecule has 0 radical (unpaired) electrons. The van der Waals surface area contributed by atoms with Crippen LogP contribution < -0.4 is 0 Å².